The van der Waals surface area contributed by atoms with Gasteiger partial charge in [-0.15, -0.1) is 0 Å². The van der Waals surface area contributed by atoms with Crippen LogP contribution in [0.3, 0.4) is 0 Å². The second kappa shape index (κ2) is 6.63. The molecule has 0 spiro atoms. The smallest absolute Gasteiger partial charge is 0.123 e. The highest BCUT2D eigenvalue weighted by Crippen LogP contribution is 2.40. The molecule has 21 heavy (non-hydrogen) atoms. The maximum absolute atomic E-state index is 5.39. The highest BCUT2D eigenvalue weighted by atomic mass is 79.9. The Labute approximate surface area is 134 Å². The van der Waals surface area contributed by atoms with E-state index in [1.54, 1.807) is 7.11 Å². The first-order chi connectivity index (χ1) is 10.3. The van der Waals surface area contributed by atoms with Crippen LogP contribution in [-0.4, -0.2) is 13.2 Å². The number of halogens is 1. The summed E-state index contributed by atoms with van der Waals surface area (Å²) in [4.78, 5) is 0. The van der Waals surface area contributed by atoms with Crippen LogP contribution >= 0.6 is 15.9 Å². The van der Waals surface area contributed by atoms with Crippen molar-refractivity contribution in [3.05, 3.63) is 64.1 Å². The van der Waals surface area contributed by atoms with Crippen molar-refractivity contribution in [1.29, 1.82) is 0 Å². The summed E-state index contributed by atoms with van der Waals surface area (Å²) in [5.74, 6) is 1.64. The van der Waals surface area contributed by atoms with Crippen LogP contribution in [0.1, 0.15) is 29.9 Å². The highest BCUT2D eigenvalue weighted by molar-refractivity contribution is 9.10. The van der Waals surface area contributed by atoms with Gasteiger partial charge in [-0.1, -0.05) is 52.3 Å². The molecular weight excluding hydrogens is 326 g/mol. The van der Waals surface area contributed by atoms with Gasteiger partial charge in [0.1, 0.15) is 5.75 Å². The Kier molecular flexibility index (Phi) is 4.61. The molecule has 1 N–H and O–H groups in total. The van der Waals surface area contributed by atoms with Crippen LogP contribution in [0.2, 0.25) is 0 Å². The molecule has 0 aliphatic heterocycles. The van der Waals surface area contributed by atoms with E-state index in [0.717, 1.165) is 12.3 Å². The third-order valence-electron chi connectivity index (χ3n) is 4.26. The Morgan fingerprint density at radius 1 is 1.10 bits per heavy atom. The van der Waals surface area contributed by atoms with E-state index in [1.165, 1.54) is 28.4 Å². The van der Waals surface area contributed by atoms with Crippen molar-refractivity contribution in [2.45, 2.75) is 31.3 Å². The van der Waals surface area contributed by atoms with E-state index >= 15 is 0 Å². The maximum Gasteiger partial charge on any atom is 0.123 e. The van der Waals surface area contributed by atoms with Crippen molar-refractivity contribution >= 4 is 15.9 Å². The van der Waals surface area contributed by atoms with E-state index < -0.39 is 0 Å². The van der Waals surface area contributed by atoms with Gasteiger partial charge in [-0.05, 0) is 36.5 Å². The molecule has 110 valence electrons. The molecule has 3 heteroatoms. The topological polar surface area (TPSA) is 21.3 Å². The number of hydrogen-bond acceptors (Lipinski definition) is 2. The number of para-hydroxylation sites is 1. The van der Waals surface area contributed by atoms with E-state index in [1.807, 2.05) is 12.1 Å². The molecule has 0 atom stereocenters. The molecule has 0 amide bonds. The number of benzene rings is 2. The summed E-state index contributed by atoms with van der Waals surface area (Å²) in [6.07, 6.45) is 2.41. The molecule has 0 heterocycles. The Morgan fingerprint density at radius 3 is 2.57 bits per heavy atom. The van der Waals surface area contributed by atoms with Gasteiger partial charge in [-0.3, -0.25) is 0 Å². The van der Waals surface area contributed by atoms with Crippen LogP contribution in [0, 0.1) is 0 Å². The van der Waals surface area contributed by atoms with Gasteiger partial charge in [0.25, 0.3) is 0 Å². The van der Waals surface area contributed by atoms with E-state index in [2.05, 4.69) is 57.6 Å². The van der Waals surface area contributed by atoms with Gasteiger partial charge < -0.3 is 10.1 Å². The molecule has 0 radical (unpaired) electrons. The van der Waals surface area contributed by atoms with E-state index in [0.29, 0.717) is 12.0 Å². The second-order valence-electron chi connectivity index (χ2n) is 5.58. The zero-order valence-corrected chi connectivity index (χ0v) is 13.8. The standard InChI is InChI=1S/C18H20BrNO/c1-21-18-9-5-2-6-13(18)12-20-15-10-14(11-15)16-7-3-4-8-17(16)19/h2-9,14-15,20H,10-12H2,1H3. The summed E-state index contributed by atoms with van der Waals surface area (Å²) in [6, 6.07) is 17.4. The van der Waals surface area contributed by atoms with Crippen molar-refractivity contribution in [1.82, 2.24) is 5.32 Å². The van der Waals surface area contributed by atoms with Crippen LogP contribution < -0.4 is 10.1 Å². The minimum Gasteiger partial charge on any atom is -0.496 e. The van der Waals surface area contributed by atoms with E-state index in [-0.39, 0.29) is 0 Å². The van der Waals surface area contributed by atoms with Crippen molar-refractivity contribution < 1.29 is 4.74 Å². The average molecular weight is 346 g/mol. The van der Waals surface area contributed by atoms with Crippen molar-refractivity contribution in [2.24, 2.45) is 0 Å². The molecule has 0 aromatic heterocycles. The molecule has 2 nitrogen and oxygen atoms in total. The Bertz CT molecular complexity index is 608. The monoisotopic (exact) mass is 345 g/mol. The second-order valence-corrected chi connectivity index (χ2v) is 6.43. The van der Waals surface area contributed by atoms with Gasteiger partial charge in [-0.25, -0.2) is 0 Å². The first-order valence-electron chi connectivity index (χ1n) is 7.37. The van der Waals surface area contributed by atoms with Gasteiger partial charge in [-0.2, -0.15) is 0 Å². The lowest BCUT2D eigenvalue weighted by molar-refractivity contribution is 0.287. The van der Waals surface area contributed by atoms with Crippen molar-refractivity contribution in [3.8, 4) is 5.75 Å². The van der Waals surface area contributed by atoms with Gasteiger partial charge in [0.2, 0.25) is 0 Å². The molecule has 1 aliphatic carbocycles. The largest absolute Gasteiger partial charge is 0.496 e. The number of rotatable bonds is 5. The molecule has 3 rings (SSSR count). The normalized spacial score (nSPS) is 20.9. The summed E-state index contributed by atoms with van der Waals surface area (Å²) in [6.45, 7) is 0.872. The SMILES string of the molecule is COc1ccccc1CNC1CC(c2ccccc2Br)C1. The quantitative estimate of drug-likeness (QED) is 0.861. The summed E-state index contributed by atoms with van der Waals surface area (Å²) in [5.41, 5.74) is 2.66. The lowest BCUT2D eigenvalue weighted by Gasteiger charge is -2.37. The molecule has 1 fully saturated rings. The molecule has 2 aromatic rings. The lowest BCUT2D eigenvalue weighted by atomic mass is 9.76. The van der Waals surface area contributed by atoms with Crippen LogP contribution in [-0.2, 0) is 6.54 Å². The van der Waals surface area contributed by atoms with Gasteiger partial charge in [0.15, 0.2) is 0 Å². The summed E-state index contributed by atoms with van der Waals surface area (Å²) < 4.78 is 6.62. The fraction of sp³-hybridized carbons (Fsp3) is 0.333. The van der Waals surface area contributed by atoms with E-state index in [4.69, 9.17) is 4.74 Å². The van der Waals surface area contributed by atoms with Crippen molar-refractivity contribution in [2.75, 3.05) is 7.11 Å². The summed E-state index contributed by atoms with van der Waals surface area (Å²) in [7, 11) is 1.73. The first-order valence-corrected chi connectivity index (χ1v) is 8.17. The molecular formula is C18H20BrNO. The number of ether oxygens (including phenoxy) is 1. The van der Waals surface area contributed by atoms with Crippen LogP contribution in [0.25, 0.3) is 0 Å². The third kappa shape index (κ3) is 3.30. The minimum absolute atomic E-state index is 0.604. The molecule has 0 bridgehead atoms. The Morgan fingerprint density at radius 2 is 1.81 bits per heavy atom. The predicted molar refractivity (Wildman–Crippen MR) is 89.7 cm³/mol. The predicted octanol–water partition coefficient (Wildman–Crippen LogP) is 4.49. The zero-order chi connectivity index (χ0) is 14.7. The van der Waals surface area contributed by atoms with Crippen molar-refractivity contribution in [3.63, 3.8) is 0 Å². The number of hydrogen-bond donors (Lipinski definition) is 1. The summed E-state index contributed by atoms with van der Waals surface area (Å²) >= 11 is 3.65. The van der Waals surface area contributed by atoms with Gasteiger partial charge >= 0.3 is 0 Å². The Hall–Kier alpha value is -1.32. The molecule has 0 saturated heterocycles. The number of methoxy groups -OCH3 is 1. The highest BCUT2D eigenvalue weighted by Gasteiger charge is 2.30. The minimum atomic E-state index is 0.604. The summed E-state index contributed by atoms with van der Waals surface area (Å²) in [5, 5.41) is 3.63. The van der Waals surface area contributed by atoms with Crippen LogP contribution in [0.5, 0.6) is 5.75 Å². The molecule has 2 aromatic carbocycles. The third-order valence-corrected chi connectivity index (χ3v) is 4.98. The van der Waals surface area contributed by atoms with Gasteiger partial charge in [0.05, 0.1) is 7.11 Å². The lowest BCUT2D eigenvalue weighted by Crippen LogP contribution is -2.39. The van der Waals surface area contributed by atoms with Crippen LogP contribution in [0.15, 0.2) is 53.0 Å². The molecule has 0 unspecified atom stereocenters. The fourth-order valence-electron chi connectivity index (χ4n) is 2.95. The molecule has 1 aliphatic rings. The van der Waals surface area contributed by atoms with Gasteiger partial charge in [0, 0.05) is 22.6 Å². The fourth-order valence-corrected chi connectivity index (χ4v) is 3.56. The number of nitrogens with one attached hydrogen (secondary N) is 1. The zero-order valence-electron chi connectivity index (χ0n) is 12.2. The van der Waals surface area contributed by atoms with E-state index in [9.17, 15) is 0 Å². The van der Waals surface area contributed by atoms with Crippen LogP contribution in [0.4, 0.5) is 0 Å². The average Bonchev–Trinajstić information content (AvgIpc) is 2.47. The maximum atomic E-state index is 5.39. The first kappa shape index (κ1) is 14.6. The molecule has 1 saturated carbocycles. The Balaban J connectivity index is 1.53.